The molecule has 1 aliphatic heterocycles. The van der Waals surface area contributed by atoms with Crippen LogP contribution in [0.3, 0.4) is 0 Å². The maximum Gasteiger partial charge on any atom is 0.313 e. The molecule has 0 saturated carbocycles. The summed E-state index contributed by atoms with van der Waals surface area (Å²) >= 11 is 3.20. The van der Waals surface area contributed by atoms with E-state index in [-0.39, 0.29) is 5.69 Å². The average molecular weight is 344 g/mol. The van der Waals surface area contributed by atoms with Crippen molar-refractivity contribution in [1.82, 2.24) is 10.2 Å². The quantitative estimate of drug-likeness (QED) is 0.756. The summed E-state index contributed by atoms with van der Waals surface area (Å²) < 4.78 is 13.7. The molecule has 2 N–H and O–H groups in total. The first kappa shape index (κ1) is 14.9. The van der Waals surface area contributed by atoms with Gasteiger partial charge >= 0.3 is 11.8 Å². The SMILES string of the molecule is O=C(Nc1cc(F)ccc1Br)C(=O)N1CCCNCC1. The Balaban J connectivity index is 2.03. The van der Waals surface area contributed by atoms with E-state index in [9.17, 15) is 14.0 Å². The Bertz CT molecular complexity index is 516. The van der Waals surface area contributed by atoms with Crippen molar-refractivity contribution in [2.75, 3.05) is 31.5 Å². The number of carbonyl (C=O) groups is 2. The van der Waals surface area contributed by atoms with Crippen LogP contribution < -0.4 is 10.6 Å². The van der Waals surface area contributed by atoms with Gasteiger partial charge in [-0.15, -0.1) is 0 Å². The summed E-state index contributed by atoms with van der Waals surface area (Å²) in [7, 11) is 0. The molecule has 0 unspecified atom stereocenters. The van der Waals surface area contributed by atoms with Crippen LogP contribution in [-0.4, -0.2) is 42.9 Å². The lowest BCUT2D eigenvalue weighted by atomic mass is 10.3. The van der Waals surface area contributed by atoms with E-state index in [0.29, 0.717) is 24.1 Å². The minimum atomic E-state index is -0.752. The van der Waals surface area contributed by atoms with Gasteiger partial charge in [0.2, 0.25) is 0 Å². The lowest BCUT2D eigenvalue weighted by Gasteiger charge is -2.19. The maximum atomic E-state index is 13.1. The van der Waals surface area contributed by atoms with Gasteiger partial charge in [-0.25, -0.2) is 4.39 Å². The molecule has 2 amide bonds. The second kappa shape index (κ2) is 6.81. The van der Waals surface area contributed by atoms with E-state index in [1.807, 2.05) is 0 Å². The van der Waals surface area contributed by atoms with Gasteiger partial charge in [0.15, 0.2) is 0 Å². The summed E-state index contributed by atoms with van der Waals surface area (Å²) in [6.45, 7) is 2.55. The van der Waals surface area contributed by atoms with Crippen LogP contribution in [0.2, 0.25) is 0 Å². The minimum absolute atomic E-state index is 0.247. The van der Waals surface area contributed by atoms with Gasteiger partial charge < -0.3 is 15.5 Å². The second-order valence-corrected chi connectivity index (χ2v) is 5.33. The van der Waals surface area contributed by atoms with Crippen molar-refractivity contribution in [2.45, 2.75) is 6.42 Å². The highest BCUT2D eigenvalue weighted by Crippen LogP contribution is 2.23. The van der Waals surface area contributed by atoms with Crippen LogP contribution in [0.5, 0.6) is 0 Å². The zero-order chi connectivity index (χ0) is 14.5. The summed E-state index contributed by atoms with van der Waals surface area (Å²) in [5.74, 6) is -1.82. The number of carbonyl (C=O) groups excluding carboxylic acids is 2. The molecule has 0 aromatic heterocycles. The number of rotatable bonds is 1. The summed E-state index contributed by atoms with van der Waals surface area (Å²) in [6.07, 6.45) is 0.808. The van der Waals surface area contributed by atoms with E-state index in [2.05, 4.69) is 26.6 Å². The molecule has 1 heterocycles. The molecule has 108 valence electrons. The molecule has 5 nitrogen and oxygen atoms in total. The Morgan fingerprint density at radius 1 is 1.30 bits per heavy atom. The zero-order valence-corrected chi connectivity index (χ0v) is 12.4. The largest absolute Gasteiger partial charge is 0.333 e. The van der Waals surface area contributed by atoms with Crippen LogP contribution in [0.1, 0.15) is 6.42 Å². The maximum absolute atomic E-state index is 13.1. The Morgan fingerprint density at radius 2 is 2.10 bits per heavy atom. The van der Waals surface area contributed by atoms with E-state index in [0.717, 1.165) is 13.0 Å². The van der Waals surface area contributed by atoms with Gasteiger partial charge in [-0.3, -0.25) is 9.59 Å². The first-order chi connectivity index (χ1) is 9.58. The van der Waals surface area contributed by atoms with E-state index >= 15 is 0 Å². The third-order valence-electron chi connectivity index (χ3n) is 3.00. The number of hydrogen-bond acceptors (Lipinski definition) is 3. The van der Waals surface area contributed by atoms with Crippen molar-refractivity contribution >= 4 is 33.4 Å². The Labute approximate surface area is 124 Å². The number of anilines is 1. The van der Waals surface area contributed by atoms with Gasteiger partial charge in [0.05, 0.1) is 5.69 Å². The van der Waals surface area contributed by atoms with Crippen molar-refractivity contribution in [1.29, 1.82) is 0 Å². The van der Waals surface area contributed by atoms with E-state index in [4.69, 9.17) is 0 Å². The lowest BCUT2D eigenvalue weighted by Crippen LogP contribution is -2.41. The topological polar surface area (TPSA) is 61.4 Å². The predicted molar refractivity (Wildman–Crippen MR) is 76.8 cm³/mol. The molecule has 0 radical (unpaired) electrons. The van der Waals surface area contributed by atoms with Crippen LogP contribution in [0.4, 0.5) is 10.1 Å². The molecule has 0 aliphatic carbocycles. The molecular weight excluding hydrogens is 329 g/mol. The van der Waals surface area contributed by atoms with Crippen molar-refractivity contribution in [3.63, 3.8) is 0 Å². The van der Waals surface area contributed by atoms with Gasteiger partial charge in [-0.2, -0.15) is 0 Å². The standard InChI is InChI=1S/C13H15BrFN3O2/c14-10-3-2-9(15)8-11(10)17-12(19)13(20)18-6-1-4-16-5-7-18/h2-3,8,16H,1,4-7H2,(H,17,19). The third kappa shape index (κ3) is 3.77. The minimum Gasteiger partial charge on any atom is -0.333 e. The molecule has 20 heavy (non-hydrogen) atoms. The molecule has 0 atom stereocenters. The molecule has 1 saturated heterocycles. The average Bonchev–Trinajstić information content (AvgIpc) is 2.71. The molecule has 1 aromatic rings. The van der Waals surface area contributed by atoms with Gasteiger partial charge in [0, 0.05) is 24.1 Å². The van der Waals surface area contributed by atoms with Crippen LogP contribution in [0.15, 0.2) is 22.7 Å². The Hall–Kier alpha value is -1.47. The molecule has 1 fully saturated rings. The second-order valence-electron chi connectivity index (χ2n) is 4.47. The molecule has 2 rings (SSSR count). The van der Waals surface area contributed by atoms with E-state index in [1.54, 1.807) is 0 Å². The lowest BCUT2D eigenvalue weighted by molar-refractivity contribution is -0.143. The van der Waals surface area contributed by atoms with E-state index < -0.39 is 17.6 Å². The highest BCUT2D eigenvalue weighted by Gasteiger charge is 2.23. The van der Waals surface area contributed by atoms with Gasteiger partial charge in [0.1, 0.15) is 5.82 Å². The summed E-state index contributed by atoms with van der Waals surface area (Å²) in [6, 6.07) is 3.91. The fraction of sp³-hybridized carbons (Fsp3) is 0.385. The van der Waals surface area contributed by atoms with Crippen molar-refractivity contribution in [2.24, 2.45) is 0 Å². The van der Waals surface area contributed by atoms with Gasteiger partial charge in [-0.1, -0.05) is 0 Å². The predicted octanol–water partition coefficient (Wildman–Crippen LogP) is 1.35. The number of nitrogens with one attached hydrogen (secondary N) is 2. The number of amides is 2. The van der Waals surface area contributed by atoms with Crippen molar-refractivity contribution in [3.8, 4) is 0 Å². The van der Waals surface area contributed by atoms with Gasteiger partial charge in [0.25, 0.3) is 0 Å². The monoisotopic (exact) mass is 343 g/mol. The first-order valence-corrected chi connectivity index (χ1v) is 7.13. The van der Waals surface area contributed by atoms with E-state index in [1.165, 1.54) is 23.1 Å². The fourth-order valence-electron chi connectivity index (χ4n) is 1.96. The van der Waals surface area contributed by atoms with Crippen LogP contribution in [-0.2, 0) is 9.59 Å². The number of nitrogens with zero attached hydrogens (tertiary/aromatic N) is 1. The fourth-order valence-corrected chi connectivity index (χ4v) is 2.31. The molecule has 1 aliphatic rings. The van der Waals surface area contributed by atoms with Crippen molar-refractivity contribution in [3.05, 3.63) is 28.5 Å². The molecule has 1 aromatic carbocycles. The highest BCUT2D eigenvalue weighted by atomic mass is 79.9. The molecular formula is C13H15BrFN3O2. The summed E-state index contributed by atoms with van der Waals surface area (Å²) in [5.41, 5.74) is 0.247. The normalized spacial score (nSPS) is 15.6. The van der Waals surface area contributed by atoms with Crippen LogP contribution >= 0.6 is 15.9 Å². The zero-order valence-electron chi connectivity index (χ0n) is 10.8. The molecule has 7 heteroatoms. The first-order valence-electron chi connectivity index (χ1n) is 6.34. The number of benzene rings is 1. The summed E-state index contributed by atoms with van der Waals surface area (Å²) in [5, 5.41) is 5.59. The Kier molecular flexibility index (Phi) is 5.08. The number of hydrogen-bond donors (Lipinski definition) is 2. The van der Waals surface area contributed by atoms with Crippen molar-refractivity contribution < 1.29 is 14.0 Å². The van der Waals surface area contributed by atoms with Crippen LogP contribution in [0, 0.1) is 5.82 Å². The highest BCUT2D eigenvalue weighted by molar-refractivity contribution is 9.10. The molecule has 0 bridgehead atoms. The molecule has 0 spiro atoms. The van der Waals surface area contributed by atoms with Gasteiger partial charge in [-0.05, 0) is 47.1 Å². The van der Waals surface area contributed by atoms with Crippen LogP contribution in [0.25, 0.3) is 0 Å². The summed E-state index contributed by atoms with van der Waals surface area (Å²) in [4.78, 5) is 25.5. The third-order valence-corrected chi connectivity index (χ3v) is 3.69. The smallest absolute Gasteiger partial charge is 0.313 e. The number of halogens is 2. The Morgan fingerprint density at radius 3 is 2.90 bits per heavy atom.